The van der Waals surface area contributed by atoms with Gasteiger partial charge in [0.05, 0.1) is 6.04 Å². The number of hydrogen-bond donors (Lipinski definition) is 1. The van der Waals surface area contributed by atoms with Crippen molar-refractivity contribution >= 4 is 32.6 Å². The van der Waals surface area contributed by atoms with E-state index in [1.807, 2.05) is 38.1 Å². The van der Waals surface area contributed by atoms with E-state index in [2.05, 4.69) is 21.2 Å². The van der Waals surface area contributed by atoms with Crippen LogP contribution < -0.4 is 5.32 Å². The van der Waals surface area contributed by atoms with Crippen molar-refractivity contribution in [2.45, 2.75) is 19.9 Å². The molecular weight excluding hydrogens is 333 g/mol. The molecule has 1 aromatic heterocycles. The van der Waals surface area contributed by atoms with Crippen LogP contribution in [0.4, 0.5) is 10.1 Å². The largest absolute Gasteiger partial charge is 0.459 e. The first-order valence-electron chi connectivity index (χ1n) is 6.74. The molecule has 1 atom stereocenters. The van der Waals surface area contributed by atoms with Gasteiger partial charge in [0.1, 0.15) is 17.2 Å². The van der Waals surface area contributed by atoms with Crippen LogP contribution in [0.2, 0.25) is 0 Å². The summed E-state index contributed by atoms with van der Waals surface area (Å²) in [5.41, 5.74) is 2.63. The van der Waals surface area contributed by atoms with Gasteiger partial charge in [0, 0.05) is 15.5 Å². The maximum atomic E-state index is 13.3. The van der Waals surface area contributed by atoms with Crippen LogP contribution in [0.1, 0.15) is 24.3 Å². The molecule has 0 saturated heterocycles. The van der Waals surface area contributed by atoms with E-state index in [1.54, 1.807) is 6.07 Å². The van der Waals surface area contributed by atoms with E-state index in [1.165, 1.54) is 12.1 Å². The summed E-state index contributed by atoms with van der Waals surface area (Å²) in [5.74, 6) is 0.579. The van der Waals surface area contributed by atoms with Gasteiger partial charge in [-0.1, -0.05) is 22.0 Å². The van der Waals surface area contributed by atoms with Gasteiger partial charge in [-0.3, -0.25) is 0 Å². The van der Waals surface area contributed by atoms with Crippen LogP contribution in [0, 0.1) is 12.7 Å². The van der Waals surface area contributed by atoms with E-state index < -0.39 is 0 Å². The SMILES string of the molecule is Cc1ccc(F)cc1NC(C)c1cc2cc(Br)ccc2o1. The molecule has 3 aromatic rings. The Kier molecular flexibility index (Phi) is 3.72. The number of hydrogen-bond acceptors (Lipinski definition) is 2. The second-order valence-electron chi connectivity index (χ2n) is 5.16. The molecule has 1 N–H and O–H groups in total. The van der Waals surface area contributed by atoms with Crippen LogP contribution in [0.15, 0.2) is 51.4 Å². The lowest BCUT2D eigenvalue weighted by Crippen LogP contribution is -2.06. The number of nitrogens with one attached hydrogen (secondary N) is 1. The molecule has 0 aliphatic carbocycles. The molecule has 0 amide bonds. The second kappa shape index (κ2) is 5.53. The van der Waals surface area contributed by atoms with E-state index in [-0.39, 0.29) is 11.9 Å². The normalized spacial score (nSPS) is 12.6. The maximum absolute atomic E-state index is 13.3. The van der Waals surface area contributed by atoms with Crippen LogP contribution in [0.5, 0.6) is 0 Å². The first kappa shape index (κ1) is 14.1. The molecular formula is C17H15BrFNO. The zero-order chi connectivity index (χ0) is 15.0. The van der Waals surface area contributed by atoms with Gasteiger partial charge in [-0.15, -0.1) is 0 Å². The van der Waals surface area contributed by atoms with Crippen LogP contribution in [-0.4, -0.2) is 0 Å². The first-order chi connectivity index (χ1) is 10.0. The maximum Gasteiger partial charge on any atom is 0.134 e. The standard InChI is InChI=1S/C17H15BrFNO/c1-10-3-5-14(19)9-15(10)20-11(2)17-8-12-7-13(18)4-6-16(12)21-17/h3-9,11,20H,1-2H3. The number of rotatable bonds is 3. The van der Waals surface area contributed by atoms with Gasteiger partial charge in [0.2, 0.25) is 0 Å². The van der Waals surface area contributed by atoms with E-state index in [0.717, 1.165) is 32.5 Å². The second-order valence-corrected chi connectivity index (χ2v) is 6.07. The Morgan fingerprint density at radius 1 is 1.14 bits per heavy atom. The van der Waals surface area contributed by atoms with Crippen LogP contribution >= 0.6 is 15.9 Å². The molecule has 0 spiro atoms. The lowest BCUT2D eigenvalue weighted by Gasteiger charge is -2.15. The van der Waals surface area contributed by atoms with Gasteiger partial charge in [0.25, 0.3) is 0 Å². The summed E-state index contributed by atoms with van der Waals surface area (Å²) in [7, 11) is 0. The minimum absolute atomic E-state index is 0.0447. The molecule has 0 radical (unpaired) electrons. The Morgan fingerprint density at radius 3 is 2.76 bits per heavy atom. The van der Waals surface area contributed by atoms with Gasteiger partial charge in [-0.2, -0.15) is 0 Å². The molecule has 21 heavy (non-hydrogen) atoms. The molecule has 1 heterocycles. The fourth-order valence-corrected chi connectivity index (χ4v) is 2.68. The number of fused-ring (bicyclic) bond motifs is 1. The number of benzene rings is 2. The van der Waals surface area contributed by atoms with Crippen molar-refractivity contribution in [2.24, 2.45) is 0 Å². The van der Waals surface area contributed by atoms with Gasteiger partial charge >= 0.3 is 0 Å². The summed E-state index contributed by atoms with van der Waals surface area (Å²) in [6.45, 7) is 3.95. The van der Waals surface area contributed by atoms with E-state index in [4.69, 9.17) is 4.42 Å². The zero-order valence-electron chi connectivity index (χ0n) is 11.8. The van der Waals surface area contributed by atoms with Gasteiger partial charge < -0.3 is 9.73 Å². The molecule has 108 valence electrons. The highest BCUT2D eigenvalue weighted by Gasteiger charge is 2.13. The summed E-state index contributed by atoms with van der Waals surface area (Å²) in [5, 5.41) is 4.34. The molecule has 2 nitrogen and oxygen atoms in total. The van der Waals surface area contributed by atoms with Crippen LogP contribution in [-0.2, 0) is 0 Å². The Balaban J connectivity index is 1.89. The van der Waals surface area contributed by atoms with Crippen molar-refractivity contribution in [3.63, 3.8) is 0 Å². The molecule has 4 heteroatoms. The molecule has 2 aromatic carbocycles. The molecule has 0 aliphatic rings. The number of anilines is 1. The van der Waals surface area contributed by atoms with Crippen molar-refractivity contribution in [1.29, 1.82) is 0 Å². The fourth-order valence-electron chi connectivity index (χ4n) is 2.30. The topological polar surface area (TPSA) is 25.2 Å². The molecule has 0 aliphatic heterocycles. The van der Waals surface area contributed by atoms with Crippen molar-refractivity contribution in [3.8, 4) is 0 Å². The minimum atomic E-state index is -0.246. The predicted octanol–water partition coefficient (Wildman–Crippen LogP) is 5.82. The lowest BCUT2D eigenvalue weighted by molar-refractivity contribution is 0.526. The zero-order valence-corrected chi connectivity index (χ0v) is 13.4. The Morgan fingerprint density at radius 2 is 1.95 bits per heavy atom. The number of furan rings is 1. The van der Waals surface area contributed by atoms with Crippen molar-refractivity contribution in [3.05, 3.63) is 64.1 Å². The quantitative estimate of drug-likeness (QED) is 0.646. The van der Waals surface area contributed by atoms with E-state index in [9.17, 15) is 4.39 Å². The highest BCUT2D eigenvalue weighted by molar-refractivity contribution is 9.10. The monoisotopic (exact) mass is 347 g/mol. The van der Waals surface area contributed by atoms with Crippen LogP contribution in [0.3, 0.4) is 0 Å². The highest BCUT2D eigenvalue weighted by atomic mass is 79.9. The average molecular weight is 348 g/mol. The third kappa shape index (κ3) is 2.95. The molecule has 0 saturated carbocycles. The summed E-state index contributed by atoms with van der Waals surface area (Å²) >= 11 is 3.45. The van der Waals surface area contributed by atoms with E-state index in [0.29, 0.717) is 0 Å². The Hall–Kier alpha value is -1.81. The predicted molar refractivity (Wildman–Crippen MR) is 87.1 cm³/mol. The lowest BCUT2D eigenvalue weighted by atomic mass is 10.1. The highest BCUT2D eigenvalue weighted by Crippen LogP contribution is 2.29. The van der Waals surface area contributed by atoms with E-state index >= 15 is 0 Å². The van der Waals surface area contributed by atoms with Gasteiger partial charge in [-0.05, 0) is 55.8 Å². The Bertz CT molecular complexity index is 797. The fraction of sp³-hybridized carbons (Fsp3) is 0.176. The summed E-state index contributed by atoms with van der Waals surface area (Å²) in [6, 6.07) is 12.6. The number of halogens is 2. The van der Waals surface area contributed by atoms with Crippen molar-refractivity contribution < 1.29 is 8.81 Å². The van der Waals surface area contributed by atoms with Gasteiger partial charge in [0.15, 0.2) is 0 Å². The third-order valence-corrected chi connectivity index (χ3v) is 3.99. The van der Waals surface area contributed by atoms with Crippen LogP contribution in [0.25, 0.3) is 11.0 Å². The average Bonchev–Trinajstić information content (AvgIpc) is 2.86. The summed E-state index contributed by atoms with van der Waals surface area (Å²) < 4.78 is 20.2. The molecule has 1 unspecified atom stereocenters. The van der Waals surface area contributed by atoms with Crippen molar-refractivity contribution in [1.82, 2.24) is 0 Å². The summed E-state index contributed by atoms with van der Waals surface area (Å²) in [4.78, 5) is 0. The van der Waals surface area contributed by atoms with Crippen molar-refractivity contribution in [2.75, 3.05) is 5.32 Å². The number of aryl methyl sites for hydroxylation is 1. The van der Waals surface area contributed by atoms with Gasteiger partial charge in [-0.25, -0.2) is 4.39 Å². The summed E-state index contributed by atoms with van der Waals surface area (Å²) in [6.07, 6.45) is 0. The molecule has 0 bridgehead atoms. The Labute approximate surface area is 131 Å². The molecule has 3 rings (SSSR count). The molecule has 0 fully saturated rings. The third-order valence-electron chi connectivity index (χ3n) is 3.50. The minimum Gasteiger partial charge on any atom is -0.459 e. The smallest absolute Gasteiger partial charge is 0.134 e. The first-order valence-corrected chi connectivity index (χ1v) is 7.54.